The zero-order chi connectivity index (χ0) is 8.10. The van der Waals surface area contributed by atoms with Crippen LogP contribution in [0.2, 0.25) is 0 Å². The van der Waals surface area contributed by atoms with E-state index < -0.39 is 0 Å². The van der Waals surface area contributed by atoms with Gasteiger partial charge in [-0.05, 0) is 13.0 Å². The molecule has 4 nitrogen and oxygen atoms in total. The zero-order valence-corrected chi connectivity index (χ0v) is 7.37. The van der Waals surface area contributed by atoms with Crippen molar-refractivity contribution in [2.75, 3.05) is 6.61 Å². The number of halogens is 1. The number of rotatable bonds is 2. The lowest BCUT2D eigenvalue weighted by Gasteiger charge is -1.98. The molecule has 1 heterocycles. The van der Waals surface area contributed by atoms with Gasteiger partial charge in [-0.25, -0.2) is 4.79 Å². The van der Waals surface area contributed by atoms with E-state index in [1.807, 2.05) is 0 Å². The van der Waals surface area contributed by atoms with Gasteiger partial charge in [-0.2, -0.15) is 10.2 Å². The summed E-state index contributed by atoms with van der Waals surface area (Å²) in [5, 5.41) is 7.07. The monoisotopic (exact) mass is 188 g/mol. The van der Waals surface area contributed by atoms with Crippen LogP contribution in [0, 0.1) is 0 Å². The highest BCUT2D eigenvalue weighted by atomic mass is 35.5. The lowest BCUT2D eigenvalue weighted by atomic mass is 10.3. The lowest BCUT2D eigenvalue weighted by Crippen LogP contribution is -2.04. The molecule has 0 aromatic carbocycles. The molecule has 0 aliphatic heterocycles. The van der Waals surface area contributed by atoms with Gasteiger partial charge in [0.25, 0.3) is 0 Å². The van der Waals surface area contributed by atoms with Crippen LogP contribution in [0.5, 0.6) is 0 Å². The summed E-state index contributed by atoms with van der Waals surface area (Å²) in [6, 6.07) is 1.56. The second-order valence-electron chi connectivity index (χ2n) is 1.85. The maximum Gasteiger partial charge on any atom is 0.339 e. The minimum absolute atomic E-state index is 0. The van der Waals surface area contributed by atoms with Crippen LogP contribution in [0.4, 0.5) is 0 Å². The minimum atomic E-state index is -0.359. The third-order valence-electron chi connectivity index (χ3n) is 1.10. The molecule has 0 atom stereocenters. The summed E-state index contributed by atoms with van der Waals surface area (Å²) in [5.74, 6) is -0.359. The van der Waals surface area contributed by atoms with E-state index in [1.165, 1.54) is 12.4 Å². The minimum Gasteiger partial charge on any atom is -0.462 e. The Morgan fingerprint density at radius 2 is 2.33 bits per heavy atom. The molecule has 0 unspecified atom stereocenters. The van der Waals surface area contributed by atoms with Crippen LogP contribution in [0.1, 0.15) is 17.3 Å². The topological polar surface area (TPSA) is 52.1 Å². The van der Waals surface area contributed by atoms with E-state index in [-0.39, 0.29) is 18.4 Å². The molecule has 0 saturated heterocycles. The van der Waals surface area contributed by atoms with Crippen LogP contribution >= 0.6 is 12.4 Å². The smallest absolute Gasteiger partial charge is 0.339 e. The molecular weight excluding hydrogens is 180 g/mol. The Labute approximate surface area is 76.4 Å². The molecule has 12 heavy (non-hydrogen) atoms. The fourth-order valence-electron chi connectivity index (χ4n) is 0.626. The highest BCUT2D eigenvalue weighted by Crippen LogP contribution is 1.96. The van der Waals surface area contributed by atoms with Crippen LogP contribution in [-0.2, 0) is 4.74 Å². The number of ether oxygens (including phenoxy) is 1. The number of esters is 1. The van der Waals surface area contributed by atoms with E-state index in [1.54, 1.807) is 13.0 Å². The van der Waals surface area contributed by atoms with Crippen molar-refractivity contribution in [1.82, 2.24) is 10.2 Å². The first-order chi connectivity index (χ1) is 5.34. The van der Waals surface area contributed by atoms with Gasteiger partial charge in [0.2, 0.25) is 0 Å². The van der Waals surface area contributed by atoms with Gasteiger partial charge in [-0.3, -0.25) is 0 Å². The summed E-state index contributed by atoms with van der Waals surface area (Å²) in [6.07, 6.45) is 2.82. The molecule has 1 rings (SSSR count). The Kier molecular flexibility index (Phi) is 4.96. The molecule has 0 N–H and O–H groups in total. The molecule has 1 aromatic heterocycles. The third kappa shape index (κ3) is 2.84. The SMILES string of the molecule is CCOC(=O)c1ccnnc1.Cl. The highest BCUT2D eigenvalue weighted by molar-refractivity contribution is 5.88. The molecule has 0 saturated carbocycles. The van der Waals surface area contributed by atoms with Crippen molar-refractivity contribution in [3.8, 4) is 0 Å². The van der Waals surface area contributed by atoms with Crippen LogP contribution in [0.3, 0.4) is 0 Å². The summed E-state index contributed by atoms with van der Waals surface area (Å²) in [4.78, 5) is 11.0. The molecule has 0 bridgehead atoms. The maximum atomic E-state index is 11.0. The quantitative estimate of drug-likeness (QED) is 0.652. The van der Waals surface area contributed by atoms with Crippen LogP contribution < -0.4 is 0 Å². The van der Waals surface area contributed by atoms with Gasteiger partial charge in [0.15, 0.2) is 0 Å². The summed E-state index contributed by atoms with van der Waals surface area (Å²) in [7, 11) is 0. The van der Waals surface area contributed by atoms with Crippen LogP contribution in [0.25, 0.3) is 0 Å². The van der Waals surface area contributed by atoms with E-state index in [9.17, 15) is 4.79 Å². The van der Waals surface area contributed by atoms with Crippen molar-refractivity contribution in [2.45, 2.75) is 6.92 Å². The van der Waals surface area contributed by atoms with Crippen LogP contribution in [0.15, 0.2) is 18.5 Å². The first-order valence-corrected chi connectivity index (χ1v) is 3.28. The number of hydrogen-bond donors (Lipinski definition) is 0. The highest BCUT2D eigenvalue weighted by Gasteiger charge is 2.03. The normalized spacial score (nSPS) is 8.42. The van der Waals surface area contributed by atoms with Gasteiger partial charge in [0.1, 0.15) is 0 Å². The second-order valence-corrected chi connectivity index (χ2v) is 1.85. The third-order valence-corrected chi connectivity index (χ3v) is 1.10. The average molecular weight is 189 g/mol. The Bertz CT molecular complexity index is 240. The fourth-order valence-corrected chi connectivity index (χ4v) is 0.626. The van der Waals surface area contributed by atoms with Crippen molar-refractivity contribution < 1.29 is 9.53 Å². The summed E-state index contributed by atoms with van der Waals surface area (Å²) < 4.78 is 4.72. The van der Waals surface area contributed by atoms with Gasteiger partial charge in [-0.15, -0.1) is 12.4 Å². The zero-order valence-electron chi connectivity index (χ0n) is 6.56. The molecule has 0 radical (unpaired) electrons. The molecule has 1 aromatic rings. The Hall–Kier alpha value is -1.16. The Balaban J connectivity index is 0.00000121. The summed E-state index contributed by atoms with van der Waals surface area (Å²) in [6.45, 7) is 2.13. The number of carbonyl (C=O) groups excluding carboxylic acids is 1. The number of hydrogen-bond acceptors (Lipinski definition) is 4. The predicted octanol–water partition coefficient (Wildman–Crippen LogP) is 1.08. The first-order valence-electron chi connectivity index (χ1n) is 3.28. The van der Waals surface area contributed by atoms with Gasteiger partial charge < -0.3 is 4.74 Å². The van der Waals surface area contributed by atoms with Gasteiger partial charge in [0.05, 0.1) is 24.6 Å². The van der Waals surface area contributed by atoms with Gasteiger partial charge in [-0.1, -0.05) is 0 Å². The molecule has 5 heteroatoms. The van der Waals surface area contributed by atoms with Crippen LogP contribution in [-0.4, -0.2) is 22.8 Å². The summed E-state index contributed by atoms with van der Waals surface area (Å²) in [5.41, 5.74) is 0.432. The molecule has 0 spiro atoms. The number of carbonyl (C=O) groups is 1. The second kappa shape index (κ2) is 5.49. The maximum absolute atomic E-state index is 11.0. The molecule has 0 aliphatic carbocycles. The standard InChI is InChI=1S/C7H8N2O2.ClH/c1-2-11-7(10)6-3-4-8-9-5-6;/h3-5H,2H2,1H3;1H. The van der Waals surface area contributed by atoms with E-state index in [4.69, 9.17) is 4.74 Å². The van der Waals surface area contributed by atoms with Crippen molar-refractivity contribution in [3.05, 3.63) is 24.0 Å². The number of aromatic nitrogens is 2. The molecule has 0 amide bonds. The lowest BCUT2D eigenvalue weighted by molar-refractivity contribution is 0.0525. The number of nitrogens with zero attached hydrogens (tertiary/aromatic N) is 2. The van der Waals surface area contributed by atoms with Gasteiger partial charge >= 0.3 is 5.97 Å². The molecule has 0 aliphatic rings. The van der Waals surface area contributed by atoms with E-state index in [0.29, 0.717) is 12.2 Å². The van der Waals surface area contributed by atoms with Crippen molar-refractivity contribution in [3.63, 3.8) is 0 Å². The average Bonchev–Trinajstić information content (AvgIpc) is 2.07. The first kappa shape index (κ1) is 10.8. The van der Waals surface area contributed by atoms with Crippen molar-refractivity contribution >= 4 is 18.4 Å². The van der Waals surface area contributed by atoms with Crippen molar-refractivity contribution in [2.24, 2.45) is 0 Å². The Morgan fingerprint density at radius 3 is 2.83 bits per heavy atom. The molecule has 66 valence electrons. The summed E-state index contributed by atoms with van der Waals surface area (Å²) >= 11 is 0. The molecular formula is C7H9ClN2O2. The van der Waals surface area contributed by atoms with Crippen molar-refractivity contribution in [1.29, 1.82) is 0 Å². The largest absolute Gasteiger partial charge is 0.462 e. The predicted molar refractivity (Wildman–Crippen MR) is 45.2 cm³/mol. The van der Waals surface area contributed by atoms with Gasteiger partial charge in [0, 0.05) is 0 Å². The van der Waals surface area contributed by atoms with E-state index in [0.717, 1.165) is 0 Å². The molecule has 0 fully saturated rings. The fraction of sp³-hybridized carbons (Fsp3) is 0.286. The van der Waals surface area contributed by atoms with E-state index in [2.05, 4.69) is 10.2 Å². The Morgan fingerprint density at radius 1 is 1.58 bits per heavy atom. The van der Waals surface area contributed by atoms with E-state index >= 15 is 0 Å².